The number of aromatic nitrogens is 3. The Morgan fingerprint density at radius 1 is 1.13 bits per heavy atom. The van der Waals surface area contributed by atoms with Crippen LogP contribution in [-0.2, 0) is 6.54 Å². The van der Waals surface area contributed by atoms with Crippen LogP contribution in [0.3, 0.4) is 0 Å². The van der Waals surface area contributed by atoms with Gasteiger partial charge in [0.25, 0.3) is 5.91 Å². The Hall–Kier alpha value is -2.25. The lowest BCUT2D eigenvalue weighted by atomic mass is 10.1. The van der Waals surface area contributed by atoms with E-state index in [0.717, 1.165) is 44.8 Å². The van der Waals surface area contributed by atoms with Crippen LogP contribution in [0.5, 0.6) is 0 Å². The molecule has 0 aliphatic carbocycles. The van der Waals surface area contributed by atoms with E-state index in [1.54, 1.807) is 0 Å². The van der Waals surface area contributed by atoms with Gasteiger partial charge < -0.3 is 10.6 Å². The molecule has 0 saturated carbocycles. The molecule has 1 saturated heterocycles. The van der Waals surface area contributed by atoms with Gasteiger partial charge in [0.1, 0.15) is 5.69 Å². The maximum atomic E-state index is 11.3. The molecule has 1 amide bonds. The van der Waals surface area contributed by atoms with Crippen molar-refractivity contribution in [2.24, 2.45) is 5.73 Å². The highest BCUT2D eigenvalue weighted by Crippen LogP contribution is 2.20. The summed E-state index contributed by atoms with van der Waals surface area (Å²) in [5, 5.41) is 10.3. The largest absolute Gasteiger partial charge is 0.364 e. The molecule has 3 N–H and O–H groups in total. The molecule has 0 unspecified atom stereocenters. The molecule has 2 heterocycles. The van der Waals surface area contributed by atoms with Crippen molar-refractivity contribution in [3.8, 4) is 11.3 Å². The number of rotatable bonds is 5. The number of amides is 1. The van der Waals surface area contributed by atoms with Crippen molar-refractivity contribution in [1.82, 2.24) is 25.2 Å². The second-order valence-corrected chi connectivity index (χ2v) is 5.79. The lowest BCUT2D eigenvalue weighted by Gasteiger charge is -2.34. The number of piperazine rings is 1. The number of aromatic amines is 1. The third-order valence-electron chi connectivity index (χ3n) is 4.33. The van der Waals surface area contributed by atoms with E-state index < -0.39 is 5.91 Å². The second-order valence-electron chi connectivity index (χ2n) is 5.79. The van der Waals surface area contributed by atoms with E-state index in [4.69, 9.17) is 5.73 Å². The number of nitrogens with two attached hydrogens (primary N) is 1. The monoisotopic (exact) mass is 314 g/mol. The van der Waals surface area contributed by atoms with Crippen molar-refractivity contribution in [2.45, 2.75) is 13.5 Å². The van der Waals surface area contributed by atoms with E-state index in [9.17, 15) is 4.79 Å². The number of nitrogens with zero attached hydrogens (tertiary/aromatic N) is 4. The number of likely N-dealkylation sites (N-methyl/N-ethyl adjacent to an activating group) is 1. The highest BCUT2D eigenvalue weighted by atomic mass is 16.1. The van der Waals surface area contributed by atoms with Gasteiger partial charge in [0.05, 0.1) is 0 Å². The number of hydrogen-bond donors (Lipinski definition) is 2. The molecule has 1 aliphatic rings. The number of primary amides is 1. The molecule has 7 heteroatoms. The lowest BCUT2D eigenvalue weighted by Crippen LogP contribution is -2.45. The van der Waals surface area contributed by atoms with Crippen LogP contribution in [0.1, 0.15) is 23.0 Å². The van der Waals surface area contributed by atoms with E-state index >= 15 is 0 Å². The van der Waals surface area contributed by atoms with Crippen molar-refractivity contribution >= 4 is 5.91 Å². The van der Waals surface area contributed by atoms with Gasteiger partial charge >= 0.3 is 0 Å². The van der Waals surface area contributed by atoms with E-state index in [1.807, 2.05) is 12.1 Å². The average molecular weight is 314 g/mol. The zero-order chi connectivity index (χ0) is 16.2. The molecular weight excluding hydrogens is 292 g/mol. The van der Waals surface area contributed by atoms with Crippen molar-refractivity contribution < 1.29 is 4.79 Å². The number of hydrogen-bond acceptors (Lipinski definition) is 5. The highest BCUT2D eigenvalue weighted by molar-refractivity contribution is 5.96. The summed E-state index contributed by atoms with van der Waals surface area (Å²) >= 11 is 0. The molecule has 0 radical (unpaired) electrons. The van der Waals surface area contributed by atoms with Gasteiger partial charge in [-0.15, -0.1) is 0 Å². The normalized spacial score (nSPS) is 16.6. The third kappa shape index (κ3) is 3.57. The molecular formula is C16H22N6O. The van der Waals surface area contributed by atoms with Crippen LogP contribution in [0, 0.1) is 0 Å². The molecule has 0 bridgehead atoms. The first kappa shape index (κ1) is 15.6. The maximum absolute atomic E-state index is 11.3. The van der Waals surface area contributed by atoms with Gasteiger partial charge in [0.15, 0.2) is 5.69 Å². The fraction of sp³-hybridized carbons (Fsp3) is 0.438. The summed E-state index contributed by atoms with van der Waals surface area (Å²) in [5.74, 6) is -0.577. The Labute approximate surface area is 135 Å². The summed E-state index contributed by atoms with van der Waals surface area (Å²) in [6, 6.07) is 8.06. The predicted molar refractivity (Wildman–Crippen MR) is 87.7 cm³/mol. The molecule has 3 rings (SSSR count). The average Bonchev–Trinajstić information content (AvgIpc) is 3.06. The first-order valence-corrected chi connectivity index (χ1v) is 7.92. The zero-order valence-corrected chi connectivity index (χ0v) is 13.3. The highest BCUT2D eigenvalue weighted by Gasteiger charge is 2.17. The quantitative estimate of drug-likeness (QED) is 0.848. The van der Waals surface area contributed by atoms with Crippen molar-refractivity contribution in [2.75, 3.05) is 32.7 Å². The van der Waals surface area contributed by atoms with E-state index in [-0.39, 0.29) is 5.69 Å². The molecule has 2 aromatic rings. The molecule has 1 fully saturated rings. The first-order chi connectivity index (χ1) is 11.2. The minimum Gasteiger partial charge on any atom is -0.364 e. The Bertz CT molecular complexity index is 657. The van der Waals surface area contributed by atoms with Crippen LogP contribution in [0.2, 0.25) is 0 Å². The number of carbonyl (C=O) groups is 1. The van der Waals surface area contributed by atoms with Gasteiger partial charge in [-0.1, -0.05) is 31.2 Å². The Morgan fingerprint density at radius 2 is 1.78 bits per heavy atom. The smallest absolute Gasteiger partial charge is 0.271 e. The van der Waals surface area contributed by atoms with Gasteiger partial charge in [-0.25, -0.2) is 0 Å². The topological polar surface area (TPSA) is 91.1 Å². The maximum Gasteiger partial charge on any atom is 0.271 e. The second kappa shape index (κ2) is 6.89. The molecule has 23 heavy (non-hydrogen) atoms. The van der Waals surface area contributed by atoms with Crippen LogP contribution in [0.25, 0.3) is 11.3 Å². The Kier molecular flexibility index (Phi) is 4.68. The first-order valence-electron chi connectivity index (χ1n) is 7.92. The van der Waals surface area contributed by atoms with Crippen molar-refractivity contribution in [1.29, 1.82) is 0 Å². The van der Waals surface area contributed by atoms with Gasteiger partial charge in [0, 0.05) is 38.3 Å². The molecule has 0 atom stereocenters. The third-order valence-corrected chi connectivity index (χ3v) is 4.33. The van der Waals surface area contributed by atoms with E-state index in [2.05, 4.69) is 44.3 Å². The van der Waals surface area contributed by atoms with Crippen LogP contribution >= 0.6 is 0 Å². The number of H-pyrrole nitrogens is 1. The van der Waals surface area contributed by atoms with E-state index in [1.165, 1.54) is 5.56 Å². The lowest BCUT2D eigenvalue weighted by molar-refractivity contribution is 0.0996. The fourth-order valence-electron chi connectivity index (χ4n) is 2.89. The number of carbonyl (C=O) groups excluding carboxylic acids is 1. The van der Waals surface area contributed by atoms with Gasteiger partial charge in [0.2, 0.25) is 0 Å². The molecule has 0 spiro atoms. The van der Waals surface area contributed by atoms with Gasteiger partial charge in [-0.05, 0) is 12.1 Å². The molecule has 1 aromatic heterocycles. The summed E-state index contributed by atoms with van der Waals surface area (Å²) in [4.78, 5) is 16.3. The fourth-order valence-corrected chi connectivity index (χ4v) is 2.89. The summed E-state index contributed by atoms with van der Waals surface area (Å²) in [6.07, 6.45) is 0. The SMILES string of the molecule is CCN1CCN(Cc2ccc(-c3n[nH]nc3C(N)=O)cc2)CC1. The van der Waals surface area contributed by atoms with Crippen molar-refractivity contribution in [3.63, 3.8) is 0 Å². The van der Waals surface area contributed by atoms with Crippen LogP contribution in [-0.4, -0.2) is 63.8 Å². The predicted octanol–water partition coefficient (Wildman–Crippen LogP) is 0.708. The molecule has 1 aromatic carbocycles. The molecule has 7 nitrogen and oxygen atoms in total. The minimum absolute atomic E-state index is 0.174. The summed E-state index contributed by atoms with van der Waals surface area (Å²) in [5.41, 5.74) is 8.07. The zero-order valence-electron chi connectivity index (χ0n) is 13.3. The van der Waals surface area contributed by atoms with Crippen molar-refractivity contribution in [3.05, 3.63) is 35.5 Å². The van der Waals surface area contributed by atoms with Gasteiger partial charge in [-0.2, -0.15) is 15.4 Å². The molecule has 122 valence electrons. The van der Waals surface area contributed by atoms with Crippen LogP contribution in [0.15, 0.2) is 24.3 Å². The summed E-state index contributed by atoms with van der Waals surface area (Å²) < 4.78 is 0. The summed E-state index contributed by atoms with van der Waals surface area (Å²) in [7, 11) is 0. The van der Waals surface area contributed by atoms with Gasteiger partial charge in [-0.3, -0.25) is 9.69 Å². The standard InChI is InChI=1S/C16H22N6O/c1-2-21-7-9-22(10-8-21)11-12-3-5-13(6-4-12)14-15(16(17)23)19-20-18-14/h3-6H,2,7-11H2,1H3,(H2,17,23)(H,18,19,20). The summed E-state index contributed by atoms with van der Waals surface area (Å²) in [6.45, 7) is 8.75. The minimum atomic E-state index is -0.577. The van der Waals surface area contributed by atoms with E-state index in [0.29, 0.717) is 5.69 Å². The Balaban J connectivity index is 1.66. The number of nitrogens with one attached hydrogen (secondary N) is 1. The van der Waals surface area contributed by atoms with Crippen LogP contribution in [0.4, 0.5) is 0 Å². The Morgan fingerprint density at radius 3 is 2.39 bits per heavy atom. The molecule has 1 aliphatic heterocycles. The number of benzene rings is 1. The van der Waals surface area contributed by atoms with Crippen LogP contribution < -0.4 is 5.73 Å².